The van der Waals surface area contributed by atoms with Gasteiger partial charge in [-0.2, -0.15) is 4.31 Å². The molecule has 0 bridgehead atoms. The number of nitrogens with one attached hydrogen (secondary N) is 1. The number of anilines is 1. The zero-order valence-corrected chi connectivity index (χ0v) is 18.7. The lowest BCUT2D eigenvalue weighted by molar-refractivity contribution is 0.0730. The summed E-state index contributed by atoms with van der Waals surface area (Å²) in [6, 6.07) is 10.8. The molecular weight excluding hydrogens is 439 g/mol. The Labute approximate surface area is 186 Å². The zero-order chi connectivity index (χ0) is 21.8. The lowest BCUT2D eigenvalue weighted by atomic mass is 10.2. The normalized spacial score (nSPS) is 18.2. The Hall–Kier alpha value is -1.94. The summed E-state index contributed by atoms with van der Waals surface area (Å²) in [5.41, 5.74) is 0.306. The summed E-state index contributed by atoms with van der Waals surface area (Å²) in [7, 11) is -3.83. The van der Waals surface area contributed by atoms with Crippen molar-refractivity contribution in [3.05, 3.63) is 53.8 Å². The van der Waals surface area contributed by atoms with E-state index in [2.05, 4.69) is 5.32 Å². The summed E-state index contributed by atoms with van der Waals surface area (Å²) >= 11 is 1.72. The van der Waals surface area contributed by atoms with Gasteiger partial charge in [0.25, 0.3) is 5.91 Å². The van der Waals surface area contributed by atoms with E-state index < -0.39 is 21.7 Å². The fourth-order valence-electron chi connectivity index (χ4n) is 3.82. The van der Waals surface area contributed by atoms with Crippen molar-refractivity contribution in [3.8, 4) is 0 Å². The molecule has 1 saturated carbocycles. The lowest BCUT2D eigenvalue weighted by Crippen LogP contribution is -2.40. The van der Waals surface area contributed by atoms with E-state index >= 15 is 0 Å². The van der Waals surface area contributed by atoms with Gasteiger partial charge in [-0.25, -0.2) is 12.8 Å². The van der Waals surface area contributed by atoms with Crippen molar-refractivity contribution in [1.29, 1.82) is 0 Å². The maximum absolute atomic E-state index is 14.5. The SMILES string of the molecule is O=C(Nc1ccccc1SC1CCCC1)c1cc(S(=O)(=O)N2CCOCC2)ccc1F. The van der Waals surface area contributed by atoms with Gasteiger partial charge in [0.1, 0.15) is 5.82 Å². The predicted molar refractivity (Wildman–Crippen MR) is 118 cm³/mol. The van der Waals surface area contributed by atoms with E-state index in [0.29, 0.717) is 24.2 Å². The number of carbonyl (C=O) groups excluding carboxylic acids is 1. The molecule has 6 nitrogen and oxygen atoms in total. The number of rotatable bonds is 6. The van der Waals surface area contributed by atoms with Crippen molar-refractivity contribution in [3.63, 3.8) is 0 Å². The summed E-state index contributed by atoms with van der Waals surface area (Å²) in [6.07, 6.45) is 4.70. The summed E-state index contributed by atoms with van der Waals surface area (Å²) < 4.78 is 46.8. The third-order valence-corrected chi connectivity index (χ3v) is 8.83. The second-order valence-electron chi connectivity index (χ2n) is 7.63. The second kappa shape index (κ2) is 9.68. The molecule has 0 spiro atoms. The first-order valence-corrected chi connectivity index (χ1v) is 12.7. The monoisotopic (exact) mass is 464 g/mol. The molecule has 1 amide bonds. The van der Waals surface area contributed by atoms with Crippen LogP contribution in [0.2, 0.25) is 0 Å². The topological polar surface area (TPSA) is 75.7 Å². The van der Waals surface area contributed by atoms with Crippen LogP contribution in [0.15, 0.2) is 52.3 Å². The second-order valence-corrected chi connectivity index (χ2v) is 10.9. The molecule has 2 aliphatic rings. The fourth-order valence-corrected chi connectivity index (χ4v) is 6.59. The van der Waals surface area contributed by atoms with Gasteiger partial charge in [-0.3, -0.25) is 4.79 Å². The van der Waals surface area contributed by atoms with Gasteiger partial charge in [-0.1, -0.05) is 25.0 Å². The quantitative estimate of drug-likeness (QED) is 0.696. The summed E-state index contributed by atoms with van der Waals surface area (Å²) in [4.78, 5) is 13.7. The number of nitrogens with zero attached hydrogens (tertiary/aromatic N) is 1. The van der Waals surface area contributed by atoms with Crippen LogP contribution in [0.5, 0.6) is 0 Å². The Balaban J connectivity index is 1.56. The number of amides is 1. The maximum Gasteiger partial charge on any atom is 0.258 e. The van der Waals surface area contributed by atoms with E-state index in [4.69, 9.17) is 4.74 Å². The molecule has 2 aromatic carbocycles. The van der Waals surface area contributed by atoms with E-state index in [0.717, 1.165) is 29.9 Å². The molecule has 2 fully saturated rings. The van der Waals surface area contributed by atoms with Crippen molar-refractivity contribution in [2.75, 3.05) is 31.6 Å². The number of carbonyl (C=O) groups is 1. The molecule has 31 heavy (non-hydrogen) atoms. The van der Waals surface area contributed by atoms with Gasteiger partial charge in [0.15, 0.2) is 0 Å². The first kappa shape index (κ1) is 22.3. The van der Waals surface area contributed by atoms with E-state index in [-0.39, 0.29) is 23.5 Å². The van der Waals surface area contributed by atoms with Gasteiger partial charge in [-0.05, 0) is 43.2 Å². The average Bonchev–Trinajstić information content (AvgIpc) is 3.29. The number of para-hydroxylation sites is 1. The van der Waals surface area contributed by atoms with Gasteiger partial charge in [0, 0.05) is 23.2 Å². The van der Waals surface area contributed by atoms with Crippen molar-refractivity contribution < 1.29 is 22.3 Å². The van der Waals surface area contributed by atoms with Gasteiger partial charge in [-0.15, -0.1) is 11.8 Å². The number of halogens is 1. The Bertz CT molecular complexity index is 1050. The van der Waals surface area contributed by atoms with Crippen LogP contribution in [-0.4, -0.2) is 50.2 Å². The van der Waals surface area contributed by atoms with Crippen LogP contribution in [0.4, 0.5) is 10.1 Å². The molecule has 0 unspecified atom stereocenters. The number of hydrogen-bond acceptors (Lipinski definition) is 5. The molecular formula is C22H25FN2O4S2. The highest BCUT2D eigenvalue weighted by Gasteiger charge is 2.28. The van der Waals surface area contributed by atoms with Crippen molar-refractivity contribution in [2.45, 2.75) is 40.7 Å². The Morgan fingerprint density at radius 1 is 1.10 bits per heavy atom. The molecule has 4 rings (SSSR count). The number of ether oxygens (including phenoxy) is 1. The van der Waals surface area contributed by atoms with Crippen LogP contribution in [0.3, 0.4) is 0 Å². The molecule has 1 saturated heterocycles. The lowest BCUT2D eigenvalue weighted by Gasteiger charge is -2.26. The van der Waals surface area contributed by atoms with Crippen molar-refractivity contribution in [2.24, 2.45) is 0 Å². The third-order valence-electron chi connectivity index (χ3n) is 5.52. The van der Waals surface area contributed by atoms with E-state index in [1.807, 2.05) is 18.2 Å². The van der Waals surface area contributed by atoms with E-state index in [1.54, 1.807) is 17.8 Å². The average molecular weight is 465 g/mol. The van der Waals surface area contributed by atoms with E-state index in [1.165, 1.54) is 23.2 Å². The minimum Gasteiger partial charge on any atom is -0.379 e. The maximum atomic E-state index is 14.5. The molecule has 0 radical (unpaired) electrons. The number of sulfonamides is 1. The molecule has 1 aliphatic carbocycles. The first-order chi connectivity index (χ1) is 14.9. The number of hydrogen-bond donors (Lipinski definition) is 1. The Morgan fingerprint density at radius 2 is 1.81 bits per heavy atom. The van der Waals surface area contributed by atoms with Gasteiger partial charge < -0.3 is 10.1 Å². The predicted octanol–water partition coefficient (Wildman–Crippen LogP) is 4.13. The number of morpholine rings is 1. The Morgan fingerprint density at radius 3 is 2.55 bits per heavy atom. The van der Waals surface area contributed by atoms with Crippen LogP contribution < -0.4 is 5.32 Å². The van der Waals surface area contributed by atoms with Gasteiger partial charge in [0.05, 0.1) is 29.4 Å². The molecule has 1 aliphatic heterocycles. The Kier molecular flexibility index (Phi) is 6.95. The summed E-state index contributed by atoms with van der Waals surface area (Å²) in [5, 5.41) is 3.28. The first-order valence-electron chi connectivity index (χ1n) is 10.4. The molecule has 1 heterocycles. The van der Waals surface area contributed by atoms with Crippen LogP contribution in [0.1, 0.15) is 36.0 Å². The minimum absolute atomic E-state index is 0.102. The highest BCUT2D eigenvalue weighted by Crippen LogP contribution is 2.38. The molecule has 0 aromatic heterocycles. The third kappa shape index (κ3) is 5.11. The molecule has 2 aromatic rings. The van der Waals surface area contributed by atoms with Crippen LogP contribution in [0.25, 0.3) is 0 Å². The zero-order valence-electron chi connectivity index (χ0n) is 17.1. The van der Waals surface area contributed by atoms with Crippen molar-refractivity contribution in [1.82, 2.24) is 4.31 Å². The standard InChI is InChI=1S/C22H25FN2O4S2/c23-19-10-9-17(31(27,28)25-11-13-29-14-12-25)15-18(19)22(26)24-20-7-3-4-8-21(20)30-16-5-1-2-6-16/h3-4,7-10,15-16H,1-2,5-6,11-14H2,(H,24,26). The molecule has 0 atom stereocenters. The van der Waals surface area contributed by atoms with Crippen LogP contribution >= 0.6 is 11.8 Å². The smallest absolute Gasteiger partial charge is 0.258 e. The highest BCUT2D eigenvalue weighted by molar-refractivity contribution is 8.00. The van der Waals surface area contributed by atoms with E-state index in [9.17, 15) is 17.6 Å². The van der Waals surface area contributed by atoms with Crippen LogP contribution in [0, 0.1) is 5.82 Å². The largest absolute Gasteiger partial charge is 0.379 e. The molecule has 166 valence electrons. The number of thioether (sulfide) groups is 1. The summed E-state index contributed by atoms with van der Waals surface area (Å²) in [5.74, 6) is -1.43. The van der Waals surface area contributed by atoms with Gasteiger partial charge in [0.2, 0.25) is 10.0 Å². The summed E-state index contributed by atoms with van der Waals surface area (Å²) in [6.45, 7) is 1.08. The highest BCUT2D eigenvalue weighted by atomic mass is 32.2. The minimum atomic E-state index is -3.83. The van der Waals surface area contributed by atoms with Crippen molar-refractivity contribution >= 4 is 33.4 Å². The fraction of sp³-hybridized carbons (Fsp3) is 0.409. The van der Waals surface area contributed by atoms with Gasteiger partial charge >= 0.3 is 0 Å². The number of benzene rings is 2. The molecule has 1 N–H and O–H groups in total. The van der Waals surface area contributed by atoms with Crippen LogP contribution in [-0.2, 0) is 14.8 Å². The molecule has 9 heteroatoms.